The first kappa shape index (κ1) is 22.7. The van der Waals surface area contributed by atoms with E-state index in [-0.39, 0.29) is 4.32 Å². The Labute approximate surface area is 190 Å². The van der Waals surface area contributed by atoms with Gasteiger partial charge in [-0.3, -0.25) is 4.79 Å². The molecule has 1 heterocycles. The van der Waals surface area contributed by atoms with E-state index in [9.17, 15) is 4.79 Å². The Kier molecular flexibility index (Phi) is 7.94. The zero-order chi connectivity index (χ0) is 22.2. The number of thioether (sulfide) groups is 1. The number of rotatable bonds is 9. The van der Waals surface area contributed by atoms with Gasteiger partial charge in [-0.1, -0.05) is 35.5 Å². The Hall–Kier alpha value is -3.01. The van der Waals surface area contributed by atoms with Crippen molar-refractivity contribution >= 4 is 57.3 Å². The van der Waals surface area contributed by atoms with E-state index < -0.39 is 5.91 Å². The lowest BCUT2D eigenvalue weighted by Crippen LogP contribution is -2.27. The highest BCUT2D eigenvalue weighted by molar-refractivity contribution is 8.26. The van der Waals surface area contributed by atoms with E-state index in [1.165, 1.54) is 5.69 Å². The van der Waals surface area contributed by atoms with E-state index in [1.807, 2.05) is 48.5 Å². The third kappa shape index (κ3) is 5.78. The molecule has 31 heavy (non-hydrogen) atoms. The van der Waals surface area contributed by atoms with Crippen molar-refractivity contribution in [3.8, 4) is 0 Å². The number of carbonyl (C=O) groups excluding carboxylic acids is 1. The molecule has 0 radical (unpaired) electrons. The minimum Gasteiger partial charge on any atom is -0.372 e. The summed E-state index contributed by atoms with van der Waals surface area (Å²) in [5.41, 5.74) is 3.48. The summed E-state index contributed by atoms with van der Waals surface area (Å²) in [6.45, 7) is 9.54. The van der Waals surface area contributed by atoms with Crippen LogP contribution in [0.15, 0.2) is 76.5 Å². The van der Waals surface area contributed by atoms with Gasteiger partial charge < -0.3 is 9.79 Å². The van der Waals surface area contributed by atoms with Crippen LogP contribution >= 0.6 is 24.0 Å². The molecule has 2 aromatic carbocycles. The molecule has 1 aliphatic rings. The van der Waals surface area contributed by atoms with Gasteiger partial charge in [-0.2, -0.15) is 10.2 Å². The number of hydroxylamine groups is 2. The minimum atomic E-state index is -0.395. The summed E-state index contributed by atoms with van der Waals surface area (Å²) in [6.07, 6.45) is 2.79. The van der Waals surface area contributed by atoms with E-state index in [0.29, 0.717) is 10.6 Å². The maximum absolute atomic E-state index is 12.3. The van der Waals surface area contributed by atoms with Crippen molar-refractivity contribution in [1.82, 2.24) is 5.06 Å². The first-order chi connectivity index (χ1) is 15.0. The van der Waals surface area contributed by atoms with Gasteiger partial charge in [-0.25, -0.2) is 0 Å². The van der Waals surface area contributed by atoms with Crippen LogP contribution in [0.25, 0.3) is 6.08 Å². The van der Waals surface area contributed by atoms with Gasteiger partial charge in [0, 0.05) is 18.8 Å². The van der Waals surface area contributed by atoms with Crippen molar-refractivity contribution in [3.05, 3.63) is 71.8 Å². The second-order valence-corrected chi connectivity index (χ2v) is 7.97. The average Bonchev–Trinajstić information content (AvgIpc) is 3.05. The largest absolute Gasteiger partial charge is 0.372 e. The van der Waals surface area contributed by atoms with Crippen LogP contribution in [-0.2, 0) is 14.7 Å². The van der Waals surface area contributed by atoms with Crippen molar-refractivity contribution in [2.45, 2.75) is 13.8 Å². The third-order valence-electron chi connectivity index (χ3n) is 4.39. The van der Waals surface area contributed by atoms with Crippen molar-refractivity contribution in [1.29, 1.82) is 0 Å². The smallest absolute Gasteiger partial charge is 0.293 e. The average molecular weight is 455 g/mol. The van der Waals surface area contributed by atoms with Crippen LogP contribution in [0.1, 0.15) is 19.4 Å². The molecule has 1 aliphatic heterocycles. The molecule has 1 amide bonds. The maximum atomic E-state index is 12.3. The van der Waals surface area contributed by atoms with Gasteiger partial charge in [0.2, 0.25) is 0 Å². The summed E-state index contributed by atoms with van der Waals surface area (Å²) in [4.78, 5) is 24.4. The predicted octanol–water partition coefficient (Wildman–Crippen LogP) is 6.16. The number of amides is 1. The highest BCUT2D eigenvalue weighted by atomic mass is 32.2. The molecule has 9 heteroatoms. The molecule has 0 unspecified atom stereocenters. The molecular weight excluding hydrogens is 432 g/mol. The normalized spacial score (nSPS) is 15.2. The lowest BCUT2D eigenvalue weighted by Gasteiger charge is -2.20. The van der Waals surface area contributed by atoms with Gasteiger partial charge in [0.05, 0.1) is 16.3 Å². The van der Waals surface area contributed by atoms with E-state index in [0.717, 1.165) is 47.4 Å². The zero-order valence-corrected chi connectivity index (χ0v) is 18.9. The molecule has 7 nitrogen and oxygen atoms in total. The summed E-state index contributed by atoms with van der Waals surface area (Å²) in [6, 6.07) is 15.4. The van der Waals surface area contributed by atoms with Crippen LogP contribution in [0.2, 0.25) is 0 Å². The second-order valence-electron chi connectivity index (χ2n) is 6.29. The summed E-state index contributed by atoms with van der Waals surface area (Å²) in [5, 5.41) is 9.48. The van der Waals surface area contributed by atoms with Crippen LogP contribution in [0, 0.1) is 0 Å². The molecule has 0 aromatic heterocycles. The number of hydrogen-bond donors (Lipinski definition) is 0. The SMILES string of the molecule is C=COON1C(=O)/C(=C\c2ccc(N=Nc3ccc(N(CC)CC)cc3)cc2)SC1=S. The fourth-order valence-electron chi connectivity index (χ4n) is 2.81. The van der Waals surface area contributed by atoms with Crippen LogP contribution < -0.4 is 4.90 Å². The third-order valence-corrected chi connectivity index (χ3v) is 5.66. The number of hydrogen-bond acceptors (Lipinski definition) is 8. The molecule has 0 saturated carbocycles. The molecule has 0 bridgehead atoms. The lowest BCUT2D eigenvalue weighted by atomic mass is 10.2. The molecular formula is C22H22N4O3S2. The second kappa shape index (κ2) is 10.9. The predicted molar refractivity (Wildman–Crippen MR) is 128 cm³/mol. The molecule has 1 fully saturated rings. The van der Waals surface area contributed by atoms with Gasteiger partial charge in [-0.15, -0.1) is 5.06 Å². The van der Waals surface area contributed by atoms with E-state index in [2.05, 4.69) is 40.4 Å². The van der Waals surface area contributed by atoms with Crippen molar-refractivity contribution in [2.24, 2.45) is 10.2 Å². The fourth-order valence-corrected chi connectivity index (χ4v) is 3.95. The quantitative estimate of drug-likeness (QED) is 0.113. The van der Waals surface area contributed by atoms with Crippen molar-refractivity contribution < 1.29 is 14.7 Å². The molecule has 3 rings (SSSR count). The van der Waals surface area contributed by atoms with Gasteiger partial charge in [0.1, 0.15) is 6.26 Å². The summed E-state index contributed by atoms with van der Waals surface area (Å²) in [5.74, 6) is -0.395. The Morgan fingerprint density at radius 3 is 2.19 bits per heavy atom. The van der Waals surface area contributed by atoms with E-state index in [4.69, 9.17) is 17.2 Å². The minimum absolute atomic E-state index is 0.246. The Morgan fingerprint density at radius 2 is 1.65 bits per heavy atom. The summed E-state index contributed by atoms with van der Waals surface area (Å²) in [7, 11) is 0. The van der Waals surface area contributed by atoms with Crippen molar-refractivity contribution in [2.75, 3.05) is 18.0 Å². The summed E-state index contributed by atoms with van der Waals surface area (Å²) < 4.78 is 0.246. The molecule has 160 valence electrons. The number of azo groups is 1. The first-order valence-electron chi connectivity index (χ1n) is 9.64. The highest BCUT2D eigenvalue weighted by Gasteiger charge is 2.34. The van der Waals surface area contributed by atoms with Gasteiger partial charge >= 0.3 is 0 Å². The Balaban J connectivity index is 1.65. The molecule has 0 spiro atoms. The fraction of sp³-hybridized carbons (Fsp3) is 0.182. The van der Waals surface area contributed by atoms with Crippen LogP contribution in [0.5, 0.6) is 0 Å². The van der Waals surface area contributed by atoms with Gasteiger partial charge in [-0.05, 0) is 74.1 Å². The first-order valence-corrected chi connectivity index (χ1v) is 10.9. The van der Waals surface area contributed by atoms with Crippen LogP contribution in [0.4, 0.5) is 17.1 Å². The summed E-state index contributed by atoms with van der Waals surface area (Å²) >= 11 is 6.25. The highest BCUT2D eigenvalue weighted by Crippen LogP contribution is 2.33. The number of benzene rings is 2. The number of carbonyl (C=O) groups is 1. The van der Waals surface area contributed by atoms with Gasteiger partial charge in [0.15, 0.2) is 4.32 Å². The number of thiocarbonyl (C=S) groups is 1. The Morgan fingerprint density at radius 1 is 1.06 bits per heavy atom. The zero-order valence-electron chi connectivity index (χ0n) is 17.2. The maximum Gasteiger partial charge on any atom is 0.293 e. The molecule has 0 atom stereocenters. The van der Waals surface area contributed by atoms with Crippen molar-refractivity contribution in [3.63, 3.8) is 0 Å². The Bertz CT molecular complexity index is 1000. The van der Waals surface area contributed by atoms with E-state index >= 15 is 0 Å². The van der Waals surface area contributed by atoms with Gasteiger partial charge in [0.25, 0.3) is 5.91 Å². The van der Waals surface area contributed by atoms with Crippen LogP contribution in [0.3, 0.4) is 0 Å². The monoisotopic (exact) mass is 454 g/mol. The molecule has 0 aliphatic carbocycles. The molecule has 1 saturated heterocycles. The molecule has 2 aromatic rings. The van der Waals surface area contributed by atoms with E-state index in [1.54, 1.807) is 6.08 Å². The number of nitrogens with zero attached hydrogens (tertiary/aromatic N) is 4. The number of anilines is 1. The standard InChI is InChI=1S/C22H22N4O3S2/c1-4-25(5-2)19-13-11-18(12-14-19)24-23-17-9-7-16(8-10-17)15-20-21(27)26(22(30)31-20)29-28-6-3/h6-15H,3-5H2,1-2H3/b20-15+,24-23?. The molecule has 0 N–H and O–H groups in total. The topological polar surface area (TPSA) is 66.7 Å². The van der Waals surface area contributed by atoms with Crippen LogP contribution in [-0.4, -0.2) is 28.4 Å². The lowest BCUT2D eigenvalue weighted by molar-refractivity contribution is -0.350.